The van der Waals surface area contributed by atoms with Gasteiger partial charge in [-0.2, -0.15) is 0 Å². The number of nitrogens with one attached hydrogen (secondary N) is 1. The van der Waals surface area contributed by atoms with Crippen LogP contribution in [0.4, 0.5) is 5.69 Å². The van der Waals surface area contributed by atoms with E-state index in [4.69, 9.17) is 9.47 Å². The number of ether oxygens (including phenoxy) is 2. The molecule has 0 aliphatic carbocycles. The molecule has 10 nitrogen and oxygen atoms in total. The van der Waals surface area contributed by atoms with Crippen molar-refractivity contribution in [3.8, 4) is 17.6 Å². The highest BCUT2D eigenvalue weighted by Gasteiger charge is 2.74. The van der Waals surface area contributed by atoms with Crippen LogP contribution in [0.25, 0.3) is 0 Å². The Morgan fingerprint density at radius 2 is 1.54 bits per heavy atom. The number of nitrogens with zero attached hydrogens (tertiary/aromatic N) is 2. The largest absolute Gasteiger partial charge is 0.491 e. The van der Waals surface area contributed by atoms with Crippen molar-refractivity contribution in [2.75, 3.05) is 32.1 Å². The number of aliphatic carboxylic acids is 1. The third kappa shape index (κ3) is 6.50. The summed E-state index contributed by atoms with van der Waals surface area (Å²) in [5.41, 5.74) is 2.92. The molecule has 0 radical (unpaired) electrons. The minimum Gasteiger partial charge on any atom is -0.491 e. The van der Waals surface area contributed by atoms with Gasteiger partial charge in [-0.25, -0.2) is 0 Å². The number of morpholine rings is 1. The molecular weight excluding hydrogens is 707 g/mol. The molecule has 2 saturated heterocycles. The van der Waals surface area contributed by atoms with Crippen LogP contribution in [0.15, 0.2) is 133 Å². The number of aliphatic hydroxyl groups is 1. The smallest absolute Gasteiger partial charge is 0.325 e. The SMILES string of the molecule is CN(CC#Cc1ccc2c(c1)C1(C(=O)N2)C(C(=O)O)C2C(=O)OC(c3ccccc3)C(c3ccccc3)N2C1c1cccc(OCCO)c1)Cc1ccccc1. The summed E-state index contributed by atoms with van der Waals surface area (Å²) in [6.45, 7) is 1.00. The highest BCUT2D eigenvalue weighted by atomic mass is 16.6. The Kier molecular flexibility index (Phi) is 10.1. The molecule has 282 valence electrons. The lowest BCUT2D eigenvalue weighted by molar-refractivity contribution is -0.179. The van der Waals surface area contributed by atoms with Crippen molar-refractivity contribution in [2.24, 2.45) is 5.92 Å². The number of fused-ring (bicyclic) bond motifs is 3. The van der Waals surface area contributed by atoms with Crippen LogP contribution in [0.5, 0.6) is 5.75 Å². The third-order valence-electron chi connectivity index (χ3n) is 11.0. The number of hydrogen-bond acceptors (Lipinski definition) is 8. The number of carbonyl (C=O) groups excluding carboxylic acids is 2. The van der Waals surface area contributed by atoms with Crippen molar-refractivity contribution in [2.45, 2.75) is 36.2 Å². The first-order valence-electron chi connectivity index (χ1n) is 18.6. The number of rotatable bonds is 10. The highest BCUT2D eigenvalue weighted by molar-refractivity contribution is 6.11. The van der Waals surface area contributed by atoms with Gasteiger partial charge >= 0.3 is 11.9 Å². The second kappa shape index (κ2) is 15.5. The normalized spacial score (nSPS) is 23.8. The molecule has 2 fully saturated rings. The van der Waals surface area contributed by atoms with Crippen molar-refractivity contribution in [1.82, 2.24) is 9.80 Å². The van der Waals surface area contributed by atoms with Crippen molar-refractivity contribution in [1.29, 1.82) is 0 Å². The van der Waals surface area contributed by atoms with Crippen LogP contribution < -0.4 is 10.1 Å². The molecule has 1 amide bonds. The molecule has 8 rings (SSSR count). The summed E-state index contributed by atoms with van der Waals surface area (Å²) in [6.07, 6.45) is -0.836. The molecular formula is C46H41N3O7. The van der Waals surface area contributed by atoms with Crippen LogP contribution in [0.1, 0.15) is 51.6 Å². The molecule has 3 aliphatic rings. The van der Waals surface area contributed by atoms with E-state index in [-0.39, 0.29) is 13.2 Å². The molecule has 6 atom stereocenters. The molecule has 1 spiro atoms. The van der Waals surface area contributed by atoms with E-state index in [9.17, 15) is 24.6 Å². The Morgan fingerprint density at radius 3 is 2.23 bits per heavy atom. The number of cyclic esters (lactones) is 1. The summed E-state index contributed by atoms with van der Waals surface area (Å²) < 4.78 is 12.2. The standard InChI is InChI=1S/C46H41N3O7/c1-48(29-31-13-5-2-6-14-31)24-12-15-30-22-23-37-36(27-30)46(45(54)47-37)38(43(51)52)40-44(53)56-41(33-18-9-4-10-19-33)39(32-16-7-3-8-17-32)49(40)42(46)34-20-11-21-35(28-34)55-26-25-50/h2-11,13-14,16-23,27-28,38-42,50H,24-26,29H2,1H3,(H,47,54)(H,51,52). The number of aliphatic hydroxyl groups excluding tert-OH is 1. The molecule has 0 saturated carbocycles. The third-order valence-corrected chi connectivity index (χ3v) is 11.0. The Hall–Kier alpha value is -6.25. The second-order valence-electron chi connectivity index (χ2n) is 14.4. The summed E-state index contributed by atoms with van der Waals surface area (Å²) in [5, 5.41) is 23.9. The maximum absolute atomic E-state index is 15.0. The molecule has 0 aromatic heterocycles. The van der Waals surface area contributed by atoms with Crippen molar-refractivity contribution in [3.05, 3.63) is 167 Å². The minimum absolute atomic E-state index is 0.0320. The zero-order chi connectivity index (χ0) is 38.8. The molecule has 5 aromatic carbocycles. The second-order valence-corrected chi connectivity index (χ2v) is 14.4. The predicted molar refractivity (Wildman–Crippen MR) is 209 cm³/mol. The van der Waals surface area contributed by atoms with E-state index in [2.05, 4.69) is 34.2 Å². The van der Waals surface area contributed by atoms with E-state index >= 15 is 0 Å². The lowest BCUT2D eigenvalue weighted by Crippen LogP contribution is -2.52. The zero-order valence-electron chi connectivity index (χ0n) is 30.7. The average Bonchev–Trinajstić information content (AvgIpc) is 3.70. The summed E-state index contributed by atoms with van der Waals surface area (Å²) in [7, 11) is 1.99. The van der Waals surface area contributed by atoms with E-state index in [0.717, 1.165) is 16.7 Å². The van der Waals surface area contributed by atoms with Gasteiger partial charge in [-0.3, -0.25) is 24.2 Å². The van der Waals surface area contributed by atoms with Gasteiger partial charge in [0.05, 0.1) is 25.2 Å². The summed E-state index contributed by atoms with van der Waals surface area (Å²) in [4.78, 5) is 47.4. The molecule has 56 heavy (non-hydrogen) atoms. The van der Waals surface area contributed by atoms with Crippen molar-refractivity contribution >= 4 is 23.5 Å². The van der Waals surface area contributed by atoms with Gasteiger partial charge in [0, 0.05) is 17.8 Å². The van der Waals surface area contributed by atoms with Crippen LogP contribution in [-0.2, 0) is 31.1 Å². The van der Waals surface area contributed by atoms with E-state index < -0.39 is 53.4 Å². The molecule has 10 heteroatoms. The maximum atomic E-state index is 15.0. The quantitative estimate of drug-likeness (QED) is 0.118. The number of carboxylic acid groups (broad SMARTS) is 1. The Bertz CT molecular complexity index is 2310. The molecule has 6 unspecified atom stereocenters. The van der Waals surface area contributed by atoms with Gasteiger partial charge in [-0.1, -0.05) is 115 Å². The molecule has 5 aromatic rings. The van der Waals surface area contributed by atoms with Crippen molar-refractivity contribution in [3.63, 3.8) is 0 Å². The van der Waals surface area contributed by atoms with E-state index in [1.165, 1.54) is 0 Å². The summed E-state index contributed by atoms with van der Waals surface area (Å²) in [5.74, 6) is 2.79. The summed E-state index contributed by atoms with van der Waals surface area (Å²) >= 11 is 0. The zero-order valence-corrected chi connectivity index (χ0v) is 30.7. The van der Waals surface area contributed by atoms with Gasteiger partial charge in [0.1, 0.15) is 35.8 Å². The minimum atomic E-state index is -1.82. The monoisotopic (exact) mass is 747 g/mol. The van der Waals surface area contributed by atoms with Gasteiger partial charge in [0.15, 0.2) is 0 Å². The van der Waals surface area contributed by atoms with Crippen LogP contribution in [0, 0.1) is 17.8 Å². The maximum Gasteiger partial charge on any atom is 0.325 e. The van der Waals surface area contributed by atoms with Gasteiger partial charge in [0.25, 0.3) is 0 Å². The van der Waals surface area contributed by atoms with Gasteiger partial charge in [-0.15, -0.1) is 0 Å². The summed E-state index contributed by atoms with van der Waals surface area (Å²) in [6, 6.07) is 38.4. The van der Waals surface area contributed by atoms with Gasteiger partial charge in [0.2, 0.25) is 5.91 Å². The van der Waals surface area contributed by atoms with Crippen LogP contribution in [0.3, 0.4) is 0 Å². The predicted octanol–water partition coefficient (Wildman–Crippen LogP) is 5.90. The number of hydrogen-bond donors (Lipinski definition) is 3. The number of amides is 1. The molecule has 0 bridgehead atoms. The van der Waals surface area contributed by atoms with E-state index in [1.54, 1.807) is 30.3 Å². The topological polar surface area (TPSA) is 129 Å². The lowest BCUT2D eigenvalue weighted by atomic mass is 9.65. The number of benzene rings is 5. The first-order chi connectivity index (χ1) is 27.3. The molecule has 3 N–H and O–H groups in total. The number of anilines is 1. The van der Waals surface area contributed by atoms with Gasteiger partial charge < -0.3 is 25.0 Å². The van der Waals surface area contributed by atoms with Crippen molar-refractivity contribution < 1.29 is 34.1 Å². The Morgan fingerprint density at radius 1 is 0.857 bits per heavy atom. The number of esters is 1. The number of carbonyl (C=O) groups is 3. The van der Waals surface area contributed by atoms with E-state index in [0.29, 0.717) is 41.2 Å². The molecule has 3 aliphatic heterocycles. The van der Waals surface area contributed by atoms with Crippen LogP contribution in [-0.4, -0.2) is 70.7 Å². The Labute approximate surface area is 325 Å². The highest BCUT2D eigenvalue weighted by Crippen LogP contribution is 2.64. The fourth-order valence-corrected chi connectivity index (χ4v) is 8.82. The lowest BCUT2D eigenvalue weighted by Gasteiger charge is -2.46. The average molecular weight is 748 g/mol. The first-order valence-corrected chi connectivity index (χ1v) is 18.6. The fraction of sp³-hybridized carbons (Fsp3) is 0.239. The van der Waals surface area contributed by atoms with Crippen LogP contribution >= 0.6 is 0 Å². The van der Waals surface area contributed by atoms with E-state index in [1.807, 2.05) is 103 Å². The van der Waals surface area contributed by atoms with Crippen LogP contribution in [0.2, 0.25) is 0 Å². The number of carboxylic acids is 1. The fourth-order valence-electron chi connectivity index (χ4n) is 8.82. The molecule has 3 heterocycles. The van der Waals surface area contributed by atoms with Gasteiger partial charge in [-0.05, 0) is 65.2 Å². The Balaban J connectivity index is 1.31. The first kappa shape index (κ1) is 36.7.